The SMILES string of the molecule is O=C(OCn1c(O)cn(-c2ccccc2)c1=O)c1ccccc1. The van der Waals surface area contributed by atoms with Gasteiger partial charge in [0.1, 0.15) is 0 Å². The van der Waals surface area contributed by atoms with Gasteiger partial charge in [0.15, 0.2) is 6.73 Å². The summed E-state index contributed by atoms with van der Waals surface area (Å²) in [6.45, 7) is -0.363. The molecule has 0 bridgehead atoms. The van der Waals surface area contributed by atoms with Crippen molar-refractivity contribution in [2.75, 3.05) is 0 Å². The van der Waals surface area contributed by atoms with Crippen LogP contribution in [0.4, 0.5) is 0 Å². The molecule has 0 aliphatic carbocycles. The van der Waals surface area contributed by atoms with Crippen molar-refractivity contribution in [3.63, 3.8) is 0 Å². The van der Waals surface area contributed by atoms with Gasteiger partial charge in [-0.2, -0.15) is 0 Å². The van der Waals surface area contributed by atoms with Crippen LogP contribution < -0.4 is 5.69 Å². The minimum Gasteiger partial charge on any atom is -0.493 e. The quantitative estimate of drug-likeness (QED) is 0.749. The topological polar surface area (TPSA) is 73.5 Å². The van der Waals surface area contributed by atoms with Crippen LogP contribution in [0.5, 0.6) is 5.88 Å². The van der Waals surface area contributed by atoms with Crippen molar-refractivity contribution >= 4 is 5.97 Å². The van der Waals surface area contributed by atoms with Gasteiger partial charge in [-0.05, 0) is 24.3 Å². The molecule has 6 heteroatoms. The number of carbonyl (C=O) groups excluding carboxylic acids is 1. The summed E-state index contributed by atoms with van der Waals surface area (Å²) in [6.07, 6.45) is 1.29. The summed E-state index contributed by atoms with van der Waals surface area (Å²) in [7, 11) is 0. The molecule has 3 rings (SSSR count). The molecule has 0 aliphatic heterocycles. The Morgan fingerprint density at radius 1 is 1.00 bits per heavy atom. The van der Waals surface area contributed by atoms with Gasteiger partial charge in [-0.25, -0.2) is 14.2 Å². The third kappa shape index (κ3) is 3.01. The number of aromatic nitrogens is 2. The summed E-state index contributed by atoms with van der Waals surface area (Å²) in [5.74, 6) is -0.843. The molecule has 23 heavy (non-hydrogen) atoms. The Kier molecular flexibility index (Phi) is 3.97. The highest BCUT2D eigenvalue weighted by atomic mass is 16.5. The number of nitrogens with zero attached hydrogens (tertiary/aromatic N) is 2. The second-order valence-electron chi connectivity index (χ2n) is 4.83. The van der Waals surface area contributed by atoms with E-state index in [9.17, 15) is 14.7 Å². The zero-order valence-corrected chi connectivity index (χ0v) is 12.1. The highest BCUT2D eigenvalue weighted by Gasteiger charge is 2.14. The molecule has 0 amide bonds. The number of aromatic hydroxyl groups is 1. The molecule has 0 saturated carbocycles. The molecule has 1 N–H and O–H groups in total. The van der Waals surface area contributed by atoms with Gasteiger partial charge >= 0.3 is 11.7 Å². The van der Waals surface area contributed by atoms with Gasteiger partial charge in [0.05, 0.1) is 17.4 Å². The number of rotatable bonds is 4. The van der Waals surface area contributed by atoms with Crippen molar-refractivity contribution in [1.29, 1.82) is 0 Å². The fraction of sp³-hybridized carbons (Fsp3) is 0.0588. The monoisotopic (exact) mass is 310 g/mol. The maximum atomic E-state index is 12.3. The number of imidazole rings is 1. The number of hydrogen-bond acceptors (Lipinski definition) is 4. The van der Waals surface area contributed by atoms with Crippen molar-refractivity contribution in [3.8, 4) is 11.6 Å². The van der Waals surface area contributed by atoms with Gasteiger partial charge < -0.3 is 9.84 Å². The van der Waals surface area contributed by atoms with Gasteiger partial charge in [0.25, 0.3) is 0 Å². The lowest BCUT2D eigenvalue weighted by molar-refractivity contribution is 0.0354. The van der Waals surface area contributed by atoms with Crippen LogP contribution in [0.2, 0.25) is 0 Å². The van der Waals surface area contributed by atoms with Gasteiger partial charge in [0.2, 0.25) is 5.88 Å². The van der Waals surface area contributed by atoms with Gasteiger partial charge in [-0.1, -0.05) is 36.4 Å². The maximum Gasteiger partial charge on any atom is 0.339 e. The Morgan fingerprint density at radius 2 is 1.61 bits per heavy atom. The lowest BCUT2D eigenvalue weighted by atomic mass is 10.2. The van der Waals surface area contributed by atoms with Crippen molar-refractivity contribution in [2.24, 2.45) is 0 Å². The zero-order chi connectivity index (χ0) is 16.2. The van der Waals surface area contributed by atoms with E-state index in [4.69, 9.17) is 4.74 Å². The number of benzene rings is 2. The molecule has 1 heterocycles. The van der Waals surface area contributed by atoms with Gasteiger partial charge in [-0.3, -0.25) is 4.57 Å². The molecule has 3 aromatic rings. The predicted octanol–water partition coefficient (Wildman–Crippen LogP) is 2.16. The average Bonchev–Trinajstić information content (AvgIpc) is 2.88. The summed E-state index contributed by atoms with van der Waals surface area (Å²) >= 11 is 0. The molecular weight excluding hydrogens is 296 g/mol. The number of ether oxygens (including phenoxy) is 1. The first kappa shape index (κ1) is 14.6. The summed E-state index contributed by atoms with van der Waals surface area (Å²) < 4.78 is 7.34. The van der Waals surface area contributed by atoms with E-state index < -0.39 is 11.7 Å². The van der Waals surface area contributed by atoms with E-state index in [1.165, 1.54) is 10.8 Å². The molecule has 1 aromatic heterocycles. The van der Waals surface area contributed by atoms with Crippen molar-refractivity contribution < 1.29 is 14.6 Å². The molecule has 116 valence electrons. The maximum absolute atomic E-state index is 12.3. The number of carbonyl (C=O) groups is 1. The van der Waals surface area contributed by atoms with E-state index in [1.54, 1.807) is 54.6 Å². The summed E-state index contributed by atoms with van der Waals surface area (Å²) in [6, 6.07) is 17.3. The van der Waals surface area contributed by atoms with Crippen LogP contribution in [0.3, 0.4) is 0 Å². The van der Waals surface area contributed by atoms with Crippen molar-refractivity contribution in [2.45, 2.75) is 6.73 Å². The second-order valence-corrected chi connectivity index (χ2v) is 4.83. The average molecular weight is 310 g/mol. The fourth-order valence-corrected chi connectivity index (χ4v) is 2.14. The second kappa shape index (κ2) is 6.23. The lowest BCUT2D eigenvalue weighted by Gasteiger charge is -2.05. The number of para-hydroxylation sites is 1. The Hall–Kier alpha value is -3.28. The van der Waals surface area contributed by atoms with E-state index in [1.807, 2.05) is 6.07 Å². The predicted molar refractivity (Wildman–Crippen MR) is 83.6 cm³/mol. The molecule has 0 aliphatic rings. The first-order valence-electron chi connectivity index (χ1n) is 6.95. The largest absolute Gasteiger partial charge is 0.493 e. The molecule has 0 atom stereocenters. The van der Waals surface area contributed by atoms with Crippen LogP contribution in [-0.2, 0) is 11.5 Å². The van der Waals surface area contributed by atoms with Crippen molar-refractivity contribution in [1.82, 2.24) is 9.13 Å². The number of hydrogen-bond donors (Lipinski definition) is 1. The Bertz CT molecular complexity index is 867. The van der Waals surface area contributed by atoms with E-state index in [2.05, 4.69) is 0 Å². The van der Waals surface area contributed by atoms with E-state index in [0.29, 0.717) is 11.3 Å². The highest BCUT2D eigenvalue weighted by molar-refractivity contribution is 5.89. The molecule has 2 aromatic carbocycles. The van der Waals surface area contributed by atoms with Crippen molar-refractivity contribution in [3.05, 3.63) is 82.9 Å². The normalized spacial score (nSPS) is 10.4. The third-order valence-electron chi connectivity index (χ3n) is 3.33. The van der Waals surface area contributed by atoms with E-state index >= 15 is 0 Å². The molecule has 0 fully saturated rings. The number of esters is 1. The van der Waals surface area contributed by atoms with Gasteiger partial charge in [0, 0.05) is 0 Å². The summed E-state index contributed by atoms with van der Waals surface area (Å²) in [4.78, 5) is 24.2. The summed E-state index contributed by atoms with van der Waals surface area (Å²) in [5, 5.41) is 9.91. The Balaban J connectivity index is 1.81. The van der Waals surface area contributed by atoms with Crippen LogP contribution in [0.15, 0.2) is 71.7 Å². The minimum atomic E-state index is -0.565. The molecule has 0 saturated heterocycles. The molecule has 0 radical (unpaired) electrons. The van der Waals surface area contributed by atoms with E-state index in [0.717, 1.165) is 4.57 Å². The fourth-order valence-electron chi connectivity index (χ4n) is 2.14. The first-order valence-corrected chi connectivity index (χ1v) is 6.95. The first-order chi connectivity index (χ1) is 11.2. The highest BCUT2D eigenvalue weighted by Crippen LogP contribution is 2.12. The standard InChI is InChI=1S/C17H14N2O4/c20-15-11-18(14-9-5-2-6-10-14)17(22)19(15)12-23-16(21)13-7-3-1-4-8-13/h1-11,20H,12H2. The van der Waals surface area contributed by atoms with Gasteiger partial charge in [-0.15, -0.1) is 0 Å². The third-order valence-corrected chi connectivity index (χ3v) is 3.33. The van der Waals surface area contributed by atoms with Crippen LogP contribution in [0.25, 0.3) is 5.69 Å². The molecule has 6 nitrogen and oxygen atoms in total. The van der Waals surface area contributed by atoms with Crippen LogP contribution >= 0.6 is 0 Å². The van der Waals surface area contributed by atoms with E-state index in [-0.39, 0.29) is 12.6 Å². The zero-order valence-electron chi connectivity index (χ0n) is 12.1. The molecular formula is C17H14N2O4. The minimum absolute atomic E-state index is 0.278. The molecule has 0 spiro atoms. The summed E-state index contributed by atoms with van der Waals surface area (Å²) in [5.41, 5.74) is 0.498. The van der Waals surface area contributed by atoms with Crippen LogP contribution in [0, 0.1) is 0 Å². The van der Waals surface area contributed by atoms with Crippen LogP contribution in [0.1, 0.15) is 10.4 Å². The molecule has 0 unspecified atom stereocenters. The van der Waals surface area contributed by atoms with Crippen LogP contribution in [-0.4, -0.2) is 20.2 Å². The Labute approximate surface area is 131 Å². The Morgan fingerprint density at radius 3 is 2.26 bits per heavy atom. The smallest absolute Gasteiger partial charge is 0.339 e. The lowest BCUT2D eigenvalue weighted by Crippen LogP contribution is -2.25.